The fourth-order valence-corrected chi connectivity index (χ4v) is 1.13. The minimum Gasteiger partial charge on any atom is -0.443 e. The van der Waals surface area contributed by atoms with Gasteiger partial charge in [0.1, 0.15) is 5.60 Å². The van der Waals surface area contributed by atoms with Crippen molar-refractivity contribution in [3.8, 4) is 0 Å². The molecule has 0 radical (unpaired) electrons. The summed E-state index contributed by atoms with van der Waals surface area (Å²) in [6.07, 6.45) is 2.72. The molecule has 0 aromatic rings. The van der Waals surface area contributed by atoms with Gasteiger partial charge in [-0.15, -0.1) is 0 Å². The number of carbonyl (C=O) groups excluding carboxylic acids is 2. The Morgan fingerprint density at radius 2 is 1.75 bits per heavy atom. The van der Waals surface area contributed by atoms with E-state index in [-0.39, 0.29) is 5.91 Å². The minimum absolute atomic E-state index is 0.178. The van der Waals surface area contributed by atoms with Crippen molar-refractivity contribution >= 4 is 12.0 Å². The average Bonchev–Trinajstić information content (AvgIpc) is 2.14. The second-order valence-corrected chi connectivity index (χ2v) is 4.89. The van der Waals surface area contributed by atoms with E-state index in [0.29, 0.717) is 6.42 Å². The summed E-state index contributed by atoms with van der Waals surface area (Å²) in [5.41, 5.74) is -0.560. The smallest absolute Gasteiger partial charge is 0.416 e. The van der Waals surface area contributed by atoms with Crippen LogP contribution in [0.4, 0.5) is 4.79 Å². The van der Waals surface area contributed by atoms with E-state index in [4.69, 9.17) is 4.74 Å². The molecule has 0 saturated heterocycles. The molecule has 0 saturated carbocycles. The van der Waals surface area contributed by atoms with E-state index in [9.17, 15) is 9.59 Å². The van der Waals surface area contributed by atoms with Crippen LogP contribution in [0.2, 0.25) is 0 Å². The van der Waals surface area contributed by atoms with Crippen LogP contribution in [0.1, 0.15) is 53.4 Å². The summed E-state index contributed by atoms with van der Waals surface area (Å²) >= 11 is 0. The second-order valence-electron chi connectivity index (χ2n) is 4.89. The van der Waals surface area contributed by atoms with Crippen molar-refractivity contribution in [3.63, 3.8) is 0 Å². The van der Waals surface area contributed by atoms with Gasteiger partial charge in [-0.3, -0.25) is 9.69 Å². The van der Waals surface area contributed by atoms with Crippen molar-refractivity contribution in [1.29, 1.82) is 0 Å². The van der Waals surface area contributed by atoms with Crippen LogP contribution in [-0.4, -0.2) is 29.5 Å². The van der Waals surface area contributed by atoms with Gasteiger partial charge in [0.25, 0.3) is 0 Å². The molecule has 0 aliphatic carbocycles. The molecule has 94 valence electrons. The minimum atomic E-state index is -0.575. The number of hydrogen-bond acceptors (Lipinski definition) is 3. The first-order valence-electron chi connectivity index (χ1n) is 5.77. The number of rotatable bonds is 4. The third kappa shape index (κ3) is 6.43. The van der Waals surface area contributed by atoms with Gasteiger partial charge in [0.05, 0.1) is 0 Å². The molecular weight excluding hydrogens is 206 g/mol. The van der Waals surface area contributed by atoms with E-state index in [1.807, 2.05) is 0 Å². The molecule has 0 bridgehead atoms. The number of imide groups is 1. The lowest BCUT2D eigenvalue weighted by atomic mass is 10.2. The first-order chi connectivity index (χ1) is 7.28. The van der Waals surface area contributed by atoms with Gasteiger partial charge in [-0.25, -0.2) is 4.79 Å². The Kier molecular flexibility index (Phi) is 6.08. The van der Waals surface area contributed by atoms with Crippen LogP contribution in [0.3, 0.4) is 0 Å². The molecule has 0 aliphatic rings. The van der Waals surface area contributed by atoms with E-state index >= 15 is 0 Å². The summed E-state index contributed by atoms with van der Waals surface area (Å²) in [5.74, 6) is -0.178. The van der Waals surface area contributed by atoms with Crippen molar-refractivity contribution in [2.75, 3.05) is 7.05 Å². The lowest BCUT2D eigenvalue weighted by Crippen LogP contribution is -2.37. The maximum absolute atomic E-state index is 11.6. The predicted octanol–water partition coefficient (Wildman–Crippen LogP) is 2.96. The second kappa shape index (κ2) is 6.51. The molecule has 0 aromatic heterocycles. The van der Waals surface area contributed by atoms with Crippen molar-refractivity contribution < 1.29 is 14.3 Å². The van der Waals surface area contributed by atoms with Gasteiger partial charge in [-0.1, -0.05) is 19.8 Å². The zero-order chi connectivity index (χ0) is 12.8. The van der Waals surface area contributed by atoms with Gasteiger partial charge in [0.15, 0.2) is 0 Å². The molecule has 0 atom stereocenters. The molecule has 0 rings (SSSR count). The Morgan fingerprint density at radius 3 is 2.19 bits per heavy atom. The Bertz CT molecular complexity index is 243. The summed E-state index contributed by atoms with van der Waals surface area (Å²) in [7, 11) is 1.46. The molecule has 0 N–H and O–H groups in total. The summed E-state index contributed by atoms with van der Waals surface area (Å²) in [5, 5.41) is 0. The molecular formula is C12H23NO3. The third-order valence-electron chi connectivity index (χ3n) is 2.04. The van der Waals surface area contributed by atoms with E-state index in [0.717, 1.165) is 24.2 Å². The van der Waals surface area contributed by atoms with Crippen LogP contribution in [0.5, 0.6) is 0 Å². The summed E-state index contributed by atoms with van der Waals surface area (Å²) in [6, 6.07) is 0. The molecule has 16 heavy (non-hydrogen) atoms. The number of amides is 2. The predicted molar refractivity (Wildman–Crippen MR) is 63.1 cm³/mol. The highest BCUT2D eigenvalue weighted by atomic mass is 16.6. The highest BCUT2D eigenvalue weighted by Gasteiger charge is 2.23. The van der Waals surface area contributed by atoms with Gasteiger partial charge in [-0.05, 0) is 27.2 Å². The number of carbonyl (C=O) groups is 2. The summed E-state index contributed by atoms with van der Waals surface area (Å²) in [6.45, 7) is 7.41. The SMILES string of the molecule is CCCCCC(=O)N(C)C(=O)OC(C)(C)C. The van der Waals surface area contributed by atoms with E-state index < -0.39 is 11.7 Å². The third-order valence-corrected chi connectivity index (χ3v) is 2.04. The van der Waals surface area contributed by atoms with Crippen molar-refractivity contribution in [3.05, 3.63) is 0 Å². The van der Waals surface area contributed by atoms with Crippen LogP contribution in [-0.2, 0) is 9.53 Å². The van der Waals surface area contributed by atoms with Crippen LogP contribution < -0.4 is 0 Å². The molecule has 0 heterocycles. The first kappa shape index (κ1) is 14.9. The van der Waals surface area contributed by atoms with E-state index in [1.165, 1.54) is 7.05 Å². The summed E-state index contributed by atoms with van der Waals surface area (Å²) < 4.78 is 5.09. The zero-order valence-corrected chi connectivity index (χ0v) is 11.0. The van der Waals surface area contributed by atoms with E-state index in [1.54, 1.807) is 20.8 Å². The Balaban J connectivity index is 4.07. The highest BCUT2D eigenvalue weighted by molar-refractivity contribution is 5.91. The van der Waals surface area contributed by atoms with Crippen molar-refractivity contribution in [2.45, 2.75) is 59.0 Å². The number of ether oxygens (including phenoxy) is 1. The van der Waals surface area contributed by atoms with Crippen molar-refractivity contribution in [2.24, 2.45) is 0 Å². The number of nitrogens with zero attached hydrogens (tertiary/aromatic N) is 1. The van der Waals surface area contributed by atoms with E-state index in [2.05, 4.69) is 6.92 Å². The van der Waals surface area contributed by atoms with Crippen LogP contribution in [0.25, 0.3) is 0 Å². The maximum Gasteiger partial charge on any atom is 0.416 e. The number of hydrogen-bond donors (Lipinski definition) is 0. The lowest BCUT2D eigenvalue weighted by molar-refractivity contribution is -0.129. The molecule has 4 nitrogen and oxygen atoms in total. The Morgan fingerprint density at radius 1 is 1.19 bits per heavy atom. The lowest BCUT2D eigenvalue weighted by Gasteiger charge is -2.23. The molecule has 0 fully saturated rings. The molecule has 0 unspecified atom stereocenters. The fraction of sp³-hybridized carbons (Fsp3) is 0.833. The Labute approximate surface area is 98.0 Å². The molecule has 2 amide bonds. The normalized spacial score (nSPS) is 11.1. The first-order valence-corrected chi connectivity index (χ1v) is 5.77. The molecule has 4 heteroatoms. The van der Waals surface area contributed by atoms with Crippen LogP contribution >= 0.6 is 0 Å². The molecule has 0 aliphatic heterocycles. The van der Waals surface area contributed by atoms with Crippen LogP contribution in [0, 0.1) is 0 Å². The molecule has 0 aromatic carbocycles. The van der Waals surface area contributed by atoms with Gasteiger partial charge >= 0.3 is 6.09 Å². The van der Waals surface area contributed by atoms with Gasteiger partial charge in [0, 0.05) is 13.5 Å². The largest absolute Gasteiger partial charge is 0.443 e. The standard InChI is InChI=1S/C12H23NO3/c1-6-7-8-9-10(14)13(5)11(15)16-12(2,3)4/h6-9H2,1-5H3. The fourth-order valence-electron chi connectivity index (χ4n) is 1.13. The average molecular weight is 229 g/mol. The number of unbranched alkanes of at least 4 members (excludes halogenated alkanes) is 2. The zero-order valence-electron chi connectivity index (χ0n) is 11.0. The van der Waals surface area contributed by atoms with Crippen LogP contribution in [0.15, 0.2) is 0 Å². The topological polar surface area (TPSA) is 46.6 Å². The van der Waals surface area contributed by atoms with Gasteiger partial charge < -0.3 is 4.74 Å². The Hall–Kier alpha value is -1.06. The van der Waals surface area contributed by atoms with Crippen molar-refractivity contribution in [1.82, 2.24) is 4.90 Å². The molecule has 0 spiro atoms. The summed E-state index contributed by atoms with van der Waals surface area (Å²) in [4.78, 5) is 24.1. The highest BCUT2D eigenvalue weighted by Crippen LogP contribution is 2.10. The monoisotopic (exact) mass is 229 g/mol. The van der Waals surface area contributed by atoms with Gasteiger partial charge in [0.2, 0.25) is 5.91 Å². The van der Waals surface area contributed by atoms with Gasteiger partial charge in [-0.2, -0.15) is 0 Å². The quantitative estimate of drug-likeness (QED) is 0.696. The maximum atomic E-state index is 11.6.